The molecule has 2 aromatic carbocycles. The highest BCUT2D eigenvalue weighted by Crippen LogP contribution is 2.46. The highest BCUT2D eigenvalue weighted by atomic mass is 32.2. The van der Waals surface area contributed by atoms with Gasteiger partial charge in [0.2, 0.25) is 12.7 Å². The van der Waals surface area contributed by atoms with Crippen molar-refractivity contribution in [3.8, 4) is 17.6 Å². The fourth-order valence-corrected chi connectivity index (χ4v) is 5.60. The van der Waals surface area contributed by atoms with Crippen molar-refractivity contribution in [2.45, 2.75) is 38.5 Å². The molecule has 0 bridgehead atoms. The number of allylic oxidation sites excluding steroid dienone is 3. The highest BCUT2D eigenvalue weighted by Gasteiger charge is 2.37. The summed E-state index contributed by atoms with van der Waals surface area (Å²) in [5, 5.41) is 17.1. The Hall–Kier alpha value is -3.70. The first-order chi connectivity index (χ1) is 17.1. The van der Waals surface area contributed by atoms with E-state index in [4.69, 9.17) is 9.47 Å². The van der Waals surface area contributed by atoms with Gasteiger partial charge in [0.05, 0.1) is 28.3 Å². The average Bonchev–Trinajstić information content (AvgIpc) is 3.35. The van der Waals surface area contributed by atoms with Crippen LogP contribution in [0.3, 0.4) is 0 Å². The van der Waals surface area contributed by atoms with E-state index in [1.165, 1.54) is 11.8 Å². The zero-order valence-corrected chi connectivity index (χ0v) is 20.2. The fourth-order valence-electron chi connectivity index (χ4n) is 4.74. The van der Waals surface area contributed by atoms with Crippen LogP contribution in [0.25, 0.3) is 0 Å². The summed E-state index contributed by atoms with van der Waals surface area (Å²) in [6.07, 6.45) is 2.76. The molecule has 0 saturated heterocycles. The standard InChI is InChI=1S/C27H25N3O4S/c1-2-16-6-3-4-7-19(16)29-24(32)14-35-27-18(13-28)25(26-20(30-27)8-5-9-21(26)31)17-10-11-22-23(12-17)34-15-33-22/h3-4,6-7,10-12,25,30H,2,5,8-9,14-15H2,1H3,(H,29,32)/t25-/m1/s1. The molecule has 2 heterocycles. The third-order valence-electron chi connectivity index (χ3n) is 6.41. The zero-order valence-electron chi connectivity index (χ0n) is 19.3. The summed E-state index contributed by atoms with van der Waals surface area (Å²) in [7, 11) is 0. The van der Waals surface area contributed by atoms with Crippen LogP contribution in [0.2, 0.25) is 0 Å². The second-order valence-electron chi connectivity index (χ2n) is 8.54. The minimum absolute atomic E-state index is 0.0483. The molecule has 0 aromatic heterocycles. The summed E-state index contributed by atoms with van der Waals surface area (Å²) in [5.74, 6) is 0.772. The number of carbonyl (C=O) groups excluding carboxylic acids is 2. The number of nitrogens with zero attached hydrogens (tertiary/aromatic N) is 1. The SMILES string of the molecule is CCc1ccccc1NC(=O)CSC1=C(C#N)[C@@H](c2ccc3c(c2)OCO3)C2=C(CCCC2=O)N1. The molecule has 35 heavy (non-hydrogen) atoms. The molecule has 0 spiro atoms. The first kappa shape index (κ1) is 23.1. The van der Waals surface area contributed by atoms with Gasteiger partial charge in [-0.1, -0.05) is 43.0 Å². The van der Waals surface area contributed by atoms with E-state index < -0.39 is 5.92 Å². The number of amides is 1. The normalized spacial score (nSPS) is 18.6. The number of hydrogen-bond donors (Lipinski definition) is 2. The van der Waals surface area contributed by atoms with E-state index in [1.54, 1.807) is 0 Å². The third kappa shape index (κ3) is 4.52. The van der Waals surface area contributed by atoms with Crippen LogP contribution < -0.4 is 20.1 Å². The molecule has 2 aromatic rings. The number of thioether (sulfide) groups is 1. The lowest BCUT2D eigenvalue weighted by Gasteiger charge is -2.33. The van der Waals surface area contributed by atoms with Gasteiger partial charge in [0, 0.05) is 23.4 Å². The summed E-state index contributed by atoms with van der Waals surface area (Å²) >= 11 is 1.28. The van der Waals surface area contributed by atoms with Crippen molar-refractivity contribution < 1.29 is 19.1 Å². The Morgan fingerprint density at radius 3 is 2.86 bits per heavy atom. The number of nitriles is 1. The number of carbonyl (C=O) groups is 2. The van der Waals surface area contributed by atoms with Gasteiger partial charge in [-0.2, -0.15) is 5.26 Å². The van der Waals surface area contributed by atoms with Crippen LogP contribution >= 0.6 is 11.8 Å². The number of fused-ring (bicyclic) bond motifs is 1. The van der Waals surface area contributed by atoms with Crippen LogP contribution in [0, 0.1) is 11.3 Å². The molecular weight excluding hydrogens is 462 g/mol. The Morgan fingerprint density at radius 1 is 1.20 bits per heavy atom. The molecule has 3 aliphatic rings. The van der Waals surface area contributed by atoms with E-state index in [2.05, 4.69) is 16.7 Å². The van der Waals surface area contributed by atoms with Crippen LogP contribution in [-0.4, -0.2) is 24.2 Å². The number of benzene rings is 2. The lowest BCUT2D eigenvalue weighted by molar-refractivity contribution is -0.116. The lowest BCUT2D eigenvalue weighted by Crippen LogP contribution is -2.31. The van der Waals surface area contributed by atoms with Crippen molar-refractivity contribution >= 4 is 29.1 Å². The Kier molecular flexibility index (Phi) is 6.51. The van der Waals surface area contributed by atoms with Crippen molar-refractivity contribution in [1.82, 2.24) is 5.32 Å². The number of ether oxygens (including phenoxy) is 2. The van der Waals surface area contributed by atoms with Crippen molar-refractivity contribution in [2.24, 2.45) is 0 Å². The number of Topliss-reactive ketones (excluding diaryl/α,β-unsaturated/α-hetero) is 1. The molecule has 0 radical (unpaired) electrons. The average molecular weight is 488 g/mol. The Labute approximate surface area is 208 Å². The molecule has 2 N–H and O–H groups in total. The third-order valence-corrected chi connectivity index (χ3v) is 7.43. The molecule has 7 nitrogen and oxygen atoms in total. The van der Waals surface area contributed by atoms with Crippen LogP contribution in [0.5, 0.6) is 11.5 Å². The van der Waals surface area contributed by atoms with E-state index >= 15 is 0 Å². The second-order valence-corrected chi connectivity index (χ2v) is 9.53. The molecule has 178 valence electrons. The quantitative estimate of drug-likeness (QED) is 0.605. The van der Waals surface area contributed by atoms with Gasteiger partial charge in [0.15, 0.2) is 17.3 Å². The van der Waals surface area contributed by atoms with Crippen molar-refractivity contribution in [3.05, 3.63) is 75.5 Å². The van der Waals surface area contributed by atoms with Crippen molar-refractivity contribution in [2.75, 3.05) is 17.9 Å². The fraction of sp³-hybridized carbons (Fsp3) is 0.296. The number of rotatable bonds is 6. The Balaban J connectivity index is 1.44. The number of nitrogens with one attached hydrogen (secondary N) is 2. The van der Waals surface area contributed by atoms with Crippen LogP contribution in [-0.2, 0) is 16.0 Å². The Bertz CT molecular complexity index is 1310. The van der Waals surface area contributed by atoms with E-state index in [-0.39, 0.29) is 24.2 Å². The number of ketones is 1. The molecule has 5 rings (SSSR count). The molecular formula is C27H25N3O4S. The molecule has 1 atom stereocenters. The van der Waals surface area contributed by atoms with E-state index in [0.717, 1.165) is 41.8 Å². The second kappa shape index (κ2) is 9.88. The number of dihydropyridines is 1. The summed E-state index contributed by atoms with van der Waals surface area (Å²) in [6.45, 7) is 2.19. The zero-order chi connectivity index (χ0) is 24.4. The van der Waals surface area contributed by atoms with Crippen LogP contribution in [0.4, 0.5) is 5.69 Å². The molecule has 2 aliphatic heterocycles. The Morgan fingerprint density at radius 2 is 2.03 bits per heavy atom. The molecule has 0 saturated carbocycles. The predicted octanol–water partition coefficient (Wildman–Crippen LogP) is 4.78. The molecule has 1 amide bonds. The van der Waals surface area contributed by atoms with Gasteiger partial charge >= 0.3 is 0 Å². The summed E-state index contributed by atoms with van der Waals surface area (Å²) in [5.41, 5.74) is 4.57. The summed E-state index contributed by atoms with van der Waals surface area (Å²) in [4.78, 5) is 25.8. The van der Waals surface area contributed by atoms with E-state index in [9.17, 15) is 14.9 Å². The van der Waals surface area contributed by atoms with Crippen molar-refractivity contribution in [3.63, 3.8) is 0 Å². The van der Waals surface area contributed by atoms with E-state index in [0.29, 0.717) is 34.1 Å². The highest BCUT2D eigenvalue weighted by molar-refractivity contribution is 8.03. The largest absolute Gasteiger partial charge is 0.454 e. The summed E-state index contributed by atoms with van der Waals surface area (Å²) < 4.78 is 11.0. The van der Waals surface area contributed by atoms with Crippen LogP contribution in [0.15, 0.2) is 64.3 Å². The van der Waals surface area contributed by atoms with Gasteiger partial charge in [0.25, 0.3) is 0 Å². The monoisotopic (exact) mass is 487 g/mol. The number of hydrogen-bond acceptors (Lipinski definition) is 7. The molecule has 0 fully saturated rings. The molecule has 0 unspecified atom stereocenters. The first-order valence-electron chi connectivity index (χ1n) is 11.7. The van der Waals surface area contributed by atoms with Gasteiger partial charge < -0.3 is 20.1 Å². The van der Waals surface area contributed by atoms with Gasteiger partial charge in [-0.15, -0.1) is 0 Å². The van der Waals surface area contributed by atoms with E-state index in [1.807, 2.05) is 49.4 Å². The molecule has 1 aliphatic carbocycles. The topological polar surface area (TPSA) is 100 Å². The minimum Gasteiger partial charge on any atom is -0.454 e. The first-order valence-corrected chi connectivity index (χ1v) is 12.6. The van der Waals surface area contributed by atoms with Gasteiger partial charge in [-0.25, -0.2) is 0 Å². The maximum atomic E-state index is 13.0. The molecule has 8 heteroatoms. The maximum Gasteiger partial charge on any atom is 0.234 e. The van der Waals surface area contributed by atoms with Crippen LogP contribution in [0.1, 0.15) is 43.2 Å². The smallest absolute Gasteiger partial charge is 0.234 e. The summed E-state index contributed by atoms with van der Waals surface area (Å²) in [6, 6.07) is 15.6. The maximum absolute atomic E-state index is 13.0. The lowest BCUT2D eigenvalue weighted by atomic mass is 9.77. The minimum atomic E-state index is -0.509. The van der Waals surface area contributed by atoms with Gasteiger partial charge in [0.1, 0.15) is 0 Å². The van der Waals surface area contributed by atoms with Gasteiger partial charge in [-0.05, 0) is 48.6 Å². The number of anilines is 1. The number of aryl methyl sites for hydroxylation is 1. The van der Waals surface area contributed by atoms with Gasteiger partial charge in [-0.3, -0.25) is 9.59 Å². The predicted molar refractivity (Wildman–Crippen MR) is 134 cm³/mol. The number of para-hydroxylation sites is 1. The van der Waals surface area contributed by atoms with Crippen molar-refractivity contribution in [1.29, 1.82) is 5.26 Å².